The quantitative estimate of drug-likeness (QED) is 0.630. The summed E-state index contributed by atoms with van der Waals surface area (Å²) >= 11 is 6.00. The first-order valence-corrected chi connectivity index (χ1v) is 7.37. The molecule has 3 nitrogen and oxygen atoms in total. The van der Waals surface area contributed by atoms with Crippen molar-refractivity contribution < 1.29 is 4.74 Å². The number of nitrogens with two attached hydrogens (primary N) is 1. The highest BCUT2D eigenvalue weighted by Gasteiger charge is 2.12. The Morgan fingerprint density at radius 2 is 1.90 bits per heavy atom. The molecule has 0 aromatic heterocycles. The van der Waals surface area contributed by atoms with Crippen molar-refractivity contribution in [3.8, 4) is 5.75 Å². The molecule has 0 heterocycles. The van der Waals surface area contributed by atoms with E-state index in [1.807, 2.05) is 30.3 Å². The van der Waals surface area contributed by atoms with Gasteiger partial charge in [-0.15, -0.1) is 0 Å². The molecule has 1 unspecified atom stereocenters. The number of rotatable bonds is 6. The fourth-order valence-electron chi connectivity index (χ4n) is 2.46. The van der Waals surface area contributed by atoms with Gasteiger partial charge in [0.15, 0.2) is 0 Å². The van der Waals surface area contributed by atoms with Gasteiger partial charge in [0.1, 0.15) is 5.75 Å². The average molecular weight is 305 g/mol. The Hall–Kier alpha value is -1.55. The van der Waals surface area contributed by atoms with E-state index >= 15 is 0 Å². The fourth-order valence-corrected chi connectivity index (χ4v) is 2.69. The number of hydrazine groups is 1. The average Bonchev–Trinajstić information content (AvgIpc) is 2.50. The summed E-state index contributed by atoms with van der Waals surface area (Å²) in [5, 5.41) is 0.752. The van der Waals surface area contributed by atoms with E-state index < -0.39 is 0 Å². The van der Waals surface area contributed by atoms with Crippen LogP contribution in [0.25, 0.3) is 0 Å². The zero-order valence-corrected chi connectivity index (χ0v) is 13.2. The third kappa shape index (κ3) is 4.21. The van der Waals surface area contributed by atoms with Gasteiger partial charge in [0, 0.05) is 11.1 Å². The number of aryl methyl sites for hydroxylation is 2. The third-order valence-corrected chi connectivity index (χ3v) is 3.92. The lowest BCUT2D eigenvalue weighted by molar-refractivity contribution is 0.414. The van der Waals surface area contributed by atoms with Crippen molar-refractivity contribution in [3.63, 3.8) is 0 Å². The van der Waals surface area contributed by atoms with Crippen molar-refractivity contribution in [2.75, 3.05) is 7.11 Å². The molecule has 0 radical (unpaired) electrons. The summed E-state index contributed by atoms with van der Waals surface area (Å²) in [6.45, 7) is 2.05. The summed E-state index contributed by atoms with van der Waals surface area (Å²) in [5.41, 5.74) is 6.51. The first-order valence-electron chi connectivity index (χ1n) is 6.99. The van der Waals surface area contributed by atoms with E-state index in [1.54, 1.807) is 7.11 Å². The standard InChI is InChI=1S/C17H21ClN2O/c1-12-11-14(18)6-9-16(12)17(20-19)10-5-13-3-7-15(21-2)8-4-13/h3-4,6-9,11,17,20H,5,10,19H2,1-2H3. The second kappa shape index (κ2) is 7.46. The third-order valence-electron chi connectivity index (χ3n) is 3.69. The number of ether oxygens (including phenoxy) is 1. The maximum absolute atomic E-state index is 6.00. The van der Waals surface area contributed by atoms with E-state index in [4.69, 9.17) is 22.2 Å². The van der Waals surface area contributed by atoms with Gasteiger partial charge in [-0.3, -0.25) is 11.3 Å². The summed E-state index contributed by atoms with van der Waals surface area (Å²) in [6.07, 6.45) is 1.87. The second-order valence-electron chi connectivity index (χ2n) is 5.11. The van der Waals surface area contributed by atoms with Crippen molar-refractivity contribution in [2.24, 2.45) is 5.84 Å². The molecule has 0 saturated heterocycles. The number of hydrogen-bond acceptors (Lipinski definition) is 3. The van der Waals surface area contributed by atoms with Crippen LogP contribution in [0.15, 0.2) is 42.5 Å². The van der Waals surface area contributed by atoms with E-state index in [0.29, 0.717) is 0 Å². The molecular formula is C17H21ClN2O. The minimum atomic E-state index is 0.115. The zero-order valence-electron chi connectivity index (χ0n) is 12.4. The summed E-state index contributed by atoms with van der Waals surface area (Å²) in [7, 11) is 1.67. The van der Waals surface area contributed by atoms with Gasteiger partial charge in [0.05, 0.1) is 7.11 Å². The molecule has 21 heavy (non-hydrogen) atoms. The molecule has 2 rings (SSSR count). The fraction of sp³-hybridized carbons (Fsp3) is 0.294. The molecule has 2 aromatic carbocycles. The molecule has 3 N–H and O–H groups in total. The highest BCUT2D eigenvalue weighted by atomic mass is 35.5. The van der Waals surface area contributed by atoms with Crippen LogP contribution in [0.4, 0.5) is 0 Å². The predicted molar refractivity (Wildman–Crippen MR) is 87.6 cm³/mol. The lowest BCUT2D eigenvalue weighted by atomic mass is 9.96. The van der Waals surface area contributed by atoms with E-state index in [-0.39, 0.29) is 6.04 Å². The largest absolute Gasteiger partial charge is 0.497 e. The van der Waals surface area contributed by atoms with Crippen molar-refractivity contribution in [3.05, 3.63) is 64.2 Å². The minimum absolute atomic E-state index is 0.115. The van der Waals surface area contributed by atoms with E-state index in [0.717, 1.165) is 29.2 Å². The van der Waals surface area contributed by atoms with E-state index in [2.05, 4.69) is 24.5 Å². The van der Waals surface area contributed by atoms with Gasteiger partial charge in [-0.05, 0) is 60.7 Å². The molecule has 0 fully saturated rings. The number of halogens is 1. The maximum atomic E-state index is 6.00. The summed E-state index contributed by atoms with van der Waals surface area (Å²) in [4.78, 5) is 0. The zero-order chi connectivity index (χ0) is 15.2. The van der Waals surface area contributed by atoms with Gasteiger partial charge in [-0.1, -0.05) is 29.8 Å². The molecular weight excluding hydrogens is 284 g/mol. The van der Waals surface area contributed by atoms with Gasteiger partial charge in [-0.2, -0.15) is 0 Å². The Balaban J connectivity index is 2.04. The lowest BCUT2D eigenvalue weighted by Crippen LogP contribution is -2.29. The van der Waals surface area contributed by atoms with Crippen LogP contribution in [0.2, 0.25) is 5.02 Å². The second-order valence-corrected chi connectivity index (χ2v) is 5.54. The molecule has 112 valence electrons. The highest BCUT2D eigenvalue weighted by Crippen LogP contribution is 2.25. The smallest absolute Gasteiger partial charge is 0.118 e. The van der Waals surface area contributed by atoms with Gasteiger partial charge in [-0.25, -0.2) is 0 Å². The summed E-state index contributed by atoms with van der Waals surface area (Å²) < 4.78 is 5.17. The van der Waals surface area contributed by atoms with Crippen LogP contribution >= 0.6 is 11.6 Å². The maximum Gasteiger partial charge on any atom is 0.118 e. The van der Waals surface area contributed by atoms with Crippen LogP contribution in [0.3, 0.4) is 0 Å². The van der Waals surface area contributed by atoms with Gasteiger partial charge >= 0.3 is 0 Å². The number of benzene rings is 2. The van der Waals surface area contributed by atoms with Crippen LogP contribution in [-0.4, -0.2) is 7.11 Å². The van der Waals surface area contributed by atoms with Crippen LogP contribution in [0.5, 0.6) is 5.75 Å². The SMILES string of the molecule is COc1ccc(CCC(NN)c2ccc(Cl)cc2C)cc1. The highest BCUT2D eigenvalue weighted by molar-refractivity contribution is 6.30. The Morgan fingerprint density at radius 3 is 2.48 bits per heavy atom. The molecule has 2 aromatic rings. The van der Waals surface area contributed by atoms with Gasteiger partial charge < -0.3 is 4.74 Å². The molecule has 4 heteroatoms. The number of methoxy groups -OCH3 is 1. The van der Waals surface area contributed by atoms with Crippen LogP contribution in [0.1, 0.15) is 29.2 Å². The van der Waals surface area contributed by atoms with Crippen molar-refractivity contribution in [1.82, 2.24) is 5.43 Å². The van der Waals surface area contributed by atoms with Crippen molar-refractivity contribution >= 4 is 11.6 Å². The van der Waals surface area contributed by atoms with Crippen LogP contribution < -0.4 is 16.0 Å². The molecule has 0 aliphatic carbocycles. The Bertz CT molecular complexity index is 584. The molecule has 0 aliphatic heterocycles. The van der Waals surface area contributed by atoms with Crippen LogP contribution in [0, 0.1) is 6.92 Å². The first-order chi connectivity index (χ1) is 10.1. The first kappa shape index (κ1) is 15.8. The molecule has 0 saturated carbocycles. The summed E-state index contributed by atoms with van der Waals surface area (Å²) in [5.74, 6) is 6.59. The molecule has 0 spiro atoms. The van der Waals surface area contributed by atoms with Crippen LogP contribution in [-0.2, 0) is 6.42 Å². The summed E-state index contributed by atoms with van der Waals surface area (Å²) in [6, 6.07) is 14.2. The normalized spacial score (nSPS) is 12.2. The number of nitrogens with one attached hydrogen (secondary N) is 1. The lowest BCUT2D eigenvalue weighted by Gasteiger charge is -2.19. The number of hydrogen-bond donors (Lipinski definition) is 2. The topological polar surface area (TPSA) is 47.3 Å². The van der Waals surface area contributed by atoms with Gasteiger partial charge in [0.25, 0.3) is 0 Å². The predicted octanol–water partition coefficient (Wildman–Crippen LogP) is 3.79. The van der Waals surface area contributed by atoms with Gasteiger partial charge in [0.2, 0.25) is 0 Å². The van der Waals surface area contributed by atoms with Crippen molar-refractivity contribution in [1.29, 1.82) is 0 Å². The molecule has 1 atom stereocenters. The van der Waals surface area contributed by atoms with E-state index in [9.17, 15) is 0 Å². The van der Waals surface area contributed by atoms with Crippen molar-refractivity contribution in [2.45, 2.75) is 25.8 Å². The van der Waals surface area contributed by atoms with E-state index in [1.165, 1.54) is 11.1 Å². The Morgan fingerprint density at radius 1 is 1.19 bits per heavy atom. The molecule has 0 aliphatic rings. The molecule has 0 bridgehead atoms. The minimum Gasteiger partial charge on any atom is -0.497 e. The monoisotopic (exact) mass is 304 g/mol. The molecule has 0 amide bonds. The Labute approximate surface area is 131 Å². The Kier molecular flexibility index (Phi) is 5.62.